The summed E-state index contributed by atoms with van der Waals surface area (Å²) in [6.07, 6.45) is 2.47. The van der Waals surface area contributed by atoms with Crippen LogP contribution in [0.2, 0.25) is 0 Å². The maximum Gasteiger partial charge on any atom is 0.245 e. The molecule has 2 N–H and O–H groups in total. The molecular weight excluding hydrogens is 606 g/mol. The van der Waals surface area contributed by atoms with Gasteiger partial charge in [0.1, 0.15) is 11.0 Å². The smallest absolute Gasteiger partial charge is 0.245 e. The van der Waals surface area contributed by atoms with Gasteiger partial charge in [0.05, 0.1) is 27.7 Å². The fourth-order valence-electron chi connectivity index (χ4n) is 2.19. The van der Waals surface area contributed by atoms with Gasteiger partial charge in [-0.25, -0.2) is 5.48 Å². The molecule has 1 aromatic carbocycles. The molecule has 0 atom stereocenters. The van der Waals surface area contributed by atoms with Gasteiger partial charge >= 0.3 is 0 Å². The molecule has 138 valence electrons. The Hall–Kier alpha value is -0.890. The van der Waals surface area contributed by atoms with Gasteiger partial charge in [-0.3, -0.25) is 14.7 Å². The Morgan fingerprint density at radius 3 is 2.23 bits per heavy atom. The number of benzene rings is 1. The van der Waals surface area contributed by atoms with E-state index in [1.807, 2.05) is 0 Å². The highest BCUT2D eigenvalue weighted by molar-refractivity contribution is 9.15. The van der Waals surface area contributed by atoms with Crippen LogP contribution in [-0.2, 0) is 24.3 Å². The number of nitrogens with one attached hydrogen (secondary N) is 1. The molecule has 13 heteroatoms. The predicted octanol–water partition coefficient (Wildman–Crippen LogP) is 3.21. The SMILES string of the molecule is O=C(CCn1cc(CCn2nc3c(Br)c(Br)c(Br)c(Br)c3n2)nn1)NO. The van der Waals surface area contributed by atoms with Crippen LogP contribution in [0.5, 0.6) is 0 Å². The summed E-state index contributed by atoms with van der Waals surface area (Å²) in [5.41, 5.74) is 3.83. The molecule has 2 aromatic heterocycles. The Bertz CT molecular complexity index is 926. The Morgan fingerprint density at radius 1 is 1.04 bits per heavy atom. The van der Waals surface area contributed by atoms with Crippen LogP contribution < -0.4 is 5.48 Å². The van der Waals surface area contributed by atoms with Crippen molar-refractivity contribution in [2.24, 2.45) is 0 Å². The quantitative estimate of drug-likeness (QED) is 0.191. The molecule has 3 aromatic rings. The monoisotopic (exact) mass is 613 g/mol. The van der Waals surface area contributed by atoms with E-state index in [2.05, 4.69) is 84.2 Å². The van der Waals surface area contributed by atoms with E-state index < -0.39 is 5.91 Å². The summed E-state index contributed by atoms with van der Waals surface area (Å²) in [6.45, 7) is 0.865. The lowest BCUT2D eigenvalue weighted by Gasteiger charge is -2.02. The van der Waals surface area contributed by atoms with Crippen molar-refractivity contribution >= 4 is 80.7 Å². The van der Waals surface area contributed by atoms with Crippen LogP contribution in [0.1, 0.15) is 12.1 Å². The van der Waals surface area contributed by atoms with Crippen LogP contribution in [0.25, 0.3) is 11.0 Å². The molecule has 0 spiro atoms. The summed E-state index contributed by atoms with van der Waals surface area (Å²) in [7, 11) is 0. The second-order valence-corrected chi connectivity index (χ2v) is 8.43. The maximum absolute atomic E-state index is 11.0. The van der Waals surface area contributed by atoms with Crippen LogP contribution in [0.15, 0.2) is 24.1 Å². The number of nitrogens with zero attached hydrogens (tertiary/aromatic N) is 6. The van der Waals surface area contributed by atoms with Crippen molar-refractivity contribution < 1.29 is 10.0 Å². The molecule has 0 aliphatic carbocycles. The van der Waals surface area contributed by atoms with Gasteiger partial charge in [-0.1, -0.05) is 5.21 Å². The van der Waals surface area contributed by atoms with Crippen molar-refractivity contribution in [1.82, 2.24) is 35.5 Å². The predicted molar refractivity (Wildman–Crippen MR) is 107 cm³/mol. The number of hydrogen-bond donors (Lipinski definition) is 2. The Labute approximate surface area is 181 Å². The van der Waals surface area contributed by atoms with E-state index >= 15 is 0 Å². The summed E-state index contributed by atoms with van der Waals surface area (Å²) in [6, 6.07) is 0. The number of aromatic nitrogens is 6. The number of hydrogen-bond acceptors (Lipinski definition) is 6. The minimum atomic E-state index is -0.469. The van der Waals surface area contributed by atoms with Crippen molar-refractivity contribution in [2.75, 3.05) is 0 Å². The fraction of sp³-hybridized carbons (Fsp3) is 0.308. The van der Waals surface area contributed by atoms with Crippen molar-refractivity contribution in [3.05, 3.63) is 29.8 Å². The van der Waals surface area contributed by atoms with Gasteiger partial charge in [0.2, 0.25) is 5.91 Å². The third kappa shape index (κ3) is 4.16. The van der Waals surface area contributed by atoms with Gasteiger partial charge in [0, 0.05) is 28.0 Å². The number of rotatable bonds is 6. The lowest BCUT2D eigenvalue weighted by molar-refractivity contribution is -0.129. The van der Waals surface area contributed by atoms with Gasteiger partial charge in [-0.15, -0.1) is 5.10 Å². The van der Waals surface area contributed by atoms with Crippen LogP contribution in [0, 0.1) is 0 Å². The first-order valence-electron chi connectivity index (χ1n) is 7.29. The minimum absolute atomic E-state index is 0.122. The van der Waals surface area contributed by atoms with E-state index in [4.69, 9.17) is 5.21 Å². The average Bonchev–Trinajstić information content (AvgIpc) is 3.27. The Morgan fingerprint density at radius 2 is 1.65 bits per heavy atom. The van der Waals surface area contributed by atoms with Crippen LogP contribution in [0.4, 0.5) is 0 Å². The van der Waals surface area contributed by atoms with Crippen LogP contribution in [-0.4, -0.2) is 41.1 Å². The first-order valence-corrected chi connectivity index (χ1v) is 10.5. The molecule has 1 amide bonds. The molecule has 0 radical (unpaired) electrons. The standard InChI is InChI=1S/C13H11Br4N7O2/c14-8-9(15)11(17)13-12(10(8)16)19-24(20-13)4-1-6-5-23(22-18-6)3-2-7(25)21-26/h5,26H,1-4H2,(H,21,25). The highest BCUT2D eigenvalue weighted by Crippen LogP contribution is 2.42. The van der Waals surface area contributed by atoms with Crippen molar-refractivity contribution in [2.45, 2.75) is 25.9 Å². The second-order valence-electron chi connectivity index (χ2n) is 5.26. The largest absolute Gasteiger partial charge is 0.289 e. The molecule has 9 nitrogen and oxygen atoms in total. The molecule has 0 fully saturated rings. The van der Waals surface area contributed by atoms with Gasteiger partial charge in [0.25, 0.3) is 0 Å². The molecule has 0 unspecified atom stereocenters. The number of carbonyl (C=O) groups is 1. The van der Waals surface area contributed by atoms with Gasteiger partial charge in [0.15, 0.2) is 0 Å². The first kappa shape index (κ1) is 19.9. The zero-order valence-corrected chi connectivity index (χ0v) is 19.3. The number of carbonyl (C=O) groups excluding carboxylic acids is 1. The van der Waals surface area contributed by atoms with Gasteiger partial charge in [-0.2, -0.15) is 15.0 Å². The van der Waals surface area contributed by atoms with E-state index in [0.717, 1.165) is 34.6 Å². The van der Waals surface area contributed by atoms with Crippen molar-refractivity contribution in [3.63, 3.8) is 0 Å². The van der Waals surface area contributed by atoms with Crippen molar-refractivity contribution in [3.8, 4) is 0 Å². The summed E-state index contributed by atoms with van der Waals surface area (Å²) < 4.78 is 4.92. The van der Waals surface area contributed by atoms with E-state index in [0.29, 0.717) is 19.5 Å². The second kappa shape index (κ2) is 8.42. The first-order chi connectivity index (χ1) is 12.4. The zero-order valence-electron chi connectivity index (χ0n) is 13.0. The zero-order chi connectivity index (χ0) is 18.8. The third-order valence-corrected chi connectivity index (χ3v) is 8.22. The number of aryl methyl sites for hydroxylation is 3. The molecule has 0 aliphatic rings. The molecule has 0 aliphatic heterocycles. The molecule has 0 bridgehead atoms. The summed E-state index contributed by atoms with van der Waals surface area (Å²) in [4.78, 5) is 12.6. The van der Waals surface area contributed by atoms with Crippen LogP contribution >= 0.6 is 63.7 Å². The summed E-state index contributed by atoms with van der Waals surface area (Å²) >= 11 is 14.1. The van der Waals surface area contributed by atoms with Crippen molar-refractivity contribution in [1.29, 1.82) is 0 Å². The molecular formula is C13H11Br4N7O2. The number of amides is 1. The molecule has 0 saturated heterocycles. The van der Waals surface area contributed by atoms with E-state index in [1.54, 1.807) is 21.2 Å². The van der Waals surface area contributed by atoms with E-state index in [9.17, 15) is 4.79 Å². The molecule has 26 heavy (non-hydrogen) atoms. The Kier molecular flexibility index (Phi) is 6.43. The number of fused-ring (bicyclic) bond motifs is 1. The van der Waals surface area contributed by atoms with E-state index in [1.165, 1.54) is 0 Å². The lowest BCUT2D eigenvalue weighted by atomic mass is 10.3. The normalized spacial score (nSPS) is 11.3. The molecule has 3 rings (SSSR count). The number of halogens is 4. The Balaban J connectivity index is 1.71. The van der Waals surface area contributed by atoms with Gasteiger partial charge < -0.3 is 0 Å². The fourth-order valence-corrected chi connectivity index (χ4v) is 4.43. The molecule has 0 saturated carbocycles. The highest BCUT2D eigenvalue weighted by atomic mass is 79.9. The average molecular weight is 617 g/mol. The third-order valence-electron chi connectivity index (χ3n) is 3.50. The number of hydroxylamine groups is 1. The highest BCUT2D eigenvalue weighted by Gasteiger charge is 2.18. The topological polar surface area (TPSA) is 111 Å². The minimum Gasteiger partial charge on any atom is -0.289 e. The summed E-state index contributed by atoms with van der Waals surface area (Å²) in [5.74, 6) is -0.469. The maximum atomic E-state index is 11.0. The molecule has 2 heterocycles. The van der Waals surface area contributed by atoms with Crippen LogP contribution in [0.3, 0.4) is 0 Å². The summed E-state index contributed by atoms with van der Waals surface area (Å²) in [5, 5.41) is 25.5. The van der Waals surface area contributed by atoms with E-state index in [-0.39, 0.29) is 6.42 Å². The lowest BCUT2D eigenvalue weighted by Crippen LogP contribution is -2.20. The van der Waals surface area contributed by atoms with Gasteiger partial charge in [-0.05, 0) is 63.7 Å².